The van der Waals surface area contributed by atoms with Crippen LogP contribution in [-0.4, -0.2) is 17.1 Å². The molecule has 25 heavy (non-hydrogen) atoms. The highest BCUT2D eigenvalue weighted by Crippen LogP contribution is 2.26. The third-order valence-corrected chi connectivity index (χ3v) is 4.97. The average Bonchev–Trinajstić information content (AvgIpc) is 2.57. The Hall–Kier alpha value is -2.00. The maximum Gasteiger partial charge on any atom is 0.230 e. The minimum absolute atomic E-state index is 0.0150. The molecule has 2 rings (SSSR count). The minimum Gasteiger partial charge on any atom is -0.508 e. The maximum absolute atomic E-state index is 12.8. The number of amides is 1. The van der Waals surface area contributed by atoms with Gasteiger partial charge in [0.25, 0.3) is 0 Å². The van der Waals surface area contributed by atoms with Crippen LogP contribution in [0.1, 0.15) is 43.9 Å². The summed E-state index contributed by atoms with van der Waals surface area (Å²) in [7, 11) is 0. The van der Waals surface area contributed by atoms with E-state index in [1.54, 1.807) is 18.2 Å². The lowest BCUT2D eigenvalue weighted by Gasteiger charge is -2.27. The highest BCUT2D eigenvalue weighted by atomic mass is 35.5. The molecule has 2 aromatic carbocycles. The molecule has 134 valence electrons. The highest BCUT2D eigenvalue weighted by Gasteiger charge is 2.31. The molecule has 0 bridgehead atoms. The van der Waals surface area contributed by atoms with Gasteiger partial charge in [0.15, 0.2) is 0 Å². The number of benzene rings is 2. The fourth-order valence-electron chi connectivity index (χ4n) is 2.73. The van der Waals surface area contributed by atoms with Gasteiger partial charge in [0, 0.05) is 11.1 Å². The molecular formula is C21H26ClNO2. The first-order chi connectivity index (χ1) is 11.7. The van der Waals surface area contributed by atoms with Crippen molar-refractivity contribution in [3.8, 4) is 5.75 Å². The Morgan fingerprint density at radius 3 is 2.40 bits per heavy atom. The van der Waals surface area contributed by atoms with Gasteiger partial charge in [-0.05, 0) is 68.5 Å². The van der Waals surface area contributed by atoms with Gasteiger partial charge < -0.3 is 10.4 Å². The molecule has 0 saturated carbocycles. The van der Waals surface area contributed by atoms with Crippen LogP contribution in [0.3, 0.4) is 0 Å². The summed E-state index contributed by atoms with van der Waals surface area (Å²) in [6.07, 6.45) is 1.50. The number of nitrogens with one attached hydrogen (secondary N) is 1. The maximum atomic E-state index is 12.8. The molecule has 0 aliphatic carbocycles. The number of phenolic OH excluding ortho intramolecular Hbond substituents is 1. The van der Waals surface area contributed by atoms with Crippen LogP contribution in [-0.2, 0) is 16.6 Å². The van der Waals surface area contributed by atoms with Crippen LogP contribution in [0.2, 0.25) is 5.02 Å². The number of aromatic hydroxyl groups is 1. The number of hydrogen-bond donors (Lipinski definition) is 2. The second kappa shape index (κ2) is 7.92. The highest BCUT2D eigenvalue weighted by molar-refractivity contribution is 6.30. The molecule has 0 aliphatic rings. The minimum atomic E-state index is -0.645. The summed E-state index contributed by atoms with van der Waals surface area (Å²) >= 11 is 5.94. The second-order valence-electron chi connectivity index (χ2n) is 7.04. The molecule has 1 unspecified atom stereocenters. The largest absolute Gasteiger partial charge is 0.508 e. The van der Waals surface area contributed by atoms with Crippen molar-refractivity contribution in [3.05, 3.63) is 64.2 Å². The van der Waals surface area contributed by atoms with Crippen LogP contribution in [0, 0.1) is 6.92 Å². The summed E-state index contributed by atoms with van der Waals surface area (Å²) in [5.74, 6) is 0.276. The number of carbonyl (C=O) groups excluding carboxylic acids is 1. The zero-order valence-electron chi connectivity index (χ0n) is 15.3. The summed E-state index contributed by atoms with van der Waals surface area (Å²) in [5, 5.41) is 13.7. The average molecular weight is 360 g/mol. The summed E-state index contributed by atoms with van der Waals surface area (Å²) in [6, 6.07) is 13.1. The molecule has 2 aromatic rings. The van der Waals surface area contributed by atoms with Gasteiger partial charge in [-0.2, -0.15) is 0 Å². The van der Waals surface area contributed by atoms with E-state index in [0.717, 1.165) is 23.1 Å². The van der Waals surface area contributed by atoms with Gasteiger partial charge >= 0.3 is 0 Å². The zero-order valence-corrected chi connectivity index (χ0v) is 16.0. The number of halogens is 1. The van der Waals surface area contributed by atoms with Crippen molar-refractivity contribution >= 4 is 17.5 Å². The third kappa shape index (κ3) is 4.76. The van der Waals surface area contributed by atoms with Crippen molar-refractivity contribution < 1.29 is 9.90 Å². The van der Waals surface area contributed by atoms with E-state index in [-0.39, 0.29) is 11.9 Å². The van der Waals surface area contributed by atoms with E-state index >= 15 is 0 Å². The van der Waals surface area contributed by atoms with E-state index in [0.29, 0.717) is 17.2 Å². The van der Waals surface area contributed by atoms with Crippen LogP contribution < -0.4 is 5.32 Å². The van der Waals surface area contributed by atoms with Crippen LogP contribution in [0.5, 0.6) is 5.75 Å². The molecule has 4 heteroatoms. The molecule has 0 fully saturated rings. The molecule has 3 nitrogen and oxygen atoms in total. The lowest BCUT2D eigenvalue weighted by molar-refractivity contribution is -0.126. The molecule has 1 atom stereocenters. The van der Waals surface area contributed by atoms with E-state index in [1.165, 1.54) is 0 Å². The monoisotopic (exact) mass is 359 g/mol. The number of phenols is 1. The Morgan fingerprint density at radius 1 is 1.20 bits per heavy atom. The van der Waals surface area contributed by atoms with Crippen molar-refractivity contribution in [2.24, 2.45) is 0 Å². The van der Waals surface area contributed by atoms with Gasteiger partial charge in [0.1, 0.15) is 5.75 Å². The van der Waals surface area contributed by atoms with Crippen LogP contribution in [0.25, 0.3) is 0 Å². The Morgan fingerprint density at radius 2 is 1.84 bits per heavy atom. The van der Waals surface area contributed by atoms with E-state index in [1.807, 2.05) is 52.0 Å². The van der Waals surface area contributed by atoms with E-state index in [9.17, 15) is 9.90 Å². The molecule has 1 amide bonds. The first kappa shape index (κ1) is 19.3. The Kier molecular flexibility index (Phi) is 6.12. The number of hydrogen-bond acceptors (Lipinski definition) is 2. The molecule has 0 aromatic heterocycles. The predicted molar refractivity (Wildman–Crippen MR) is 103 cm³/mol. The van der Waals surface area contributed by atoms with Crippen molar-refractivity contribution in [1.82, 2.24) is 5.32 Å². The second-order valence-corrected chi connectivity index (χ2v) is 7.47. The molecule has 0 saturated heterocycles. The summed E-state index contributed by atoms with van der Waals surface area (Å²) in [5.41, 5.74) is 2.15. The van der Waals surface area contributed by atoms with Gasteiger partial charge in [-0.25, -0.2) is 0 Å². The van der Waals surface area contributed by atoms with E-state index in [4.69, 9.17) is 11.6 Å². The lowest BCUT2D eigenvalue weighted by Crippen LogP contribution is -2.45. The Bertz CT molecular complexity index is 738. The molecule has 2 N–H and O–H groups in total. The number of aryl methyl sites for hydroxylation is 1. The molecule has 0 spiro atoms. The fraction of sp³-hybridized carbons (Fsp3) is 0.381. The molecular weight excluding hydrogens is 334 g/mol. The van der Waals surface area contributed by atoms with Crippen LogP contribution in [0.15, 0.2) is 42.5 Å². The van der Waals surface area contributed by atoms with Gasteiger partial charge in [0.05, 0.1) is 5.41 Å². The van der Waals surface area contributed by atoms with Crippen molar-refractivity contribution in [2.45, 2.75) is 52.0 Å². The summed E-state index contributed by atoms with van der Waals surface area (Å²) in [4.78, 5) is 12.8. The Balaban J connectivity index is 2.10. The van der Waals surface area contributed by atoms with Gasteiger partial charge in [-0.15, -0.1) is 0 Å². The quantitative estimate of drug-likeness (QED) is 0.780. The normalized spacial score (nSPS) is 12.7. The smallest absolute Gasteiger partial charge is 0.230 e. The summed E-state index contributed by atoms with van der Waals surface area (Å²) in [6.45, 7) is 7.74. The van der Waals surface area contributed by atoms with E-state index < -0.39 is 5.41 Å². The van der Waals surface area contributed by atoms with Gasteiger partial charge in [-0.1, -0.05) is 42.8 Å². The standard InChI is InChI=1S/C21H26ClNO2/c1-5-18(12-15-7-6-14(2)19(24)13-15)23-20(25)21(3,4)16-8-10-17(22)11-9-16/h6-11,13,18,24H,5,12H2,1-4H3,(H,23,25). The van der Waals surface area contributed by atoms with Crippen LogP contribution in [0.4, 0.5) is 0 Å². The van der Waals surface area contributed by atoms with Crippen molar-refractivity contribution in [2.75, 3.05) is 0 Å². The van der Waals surface area contributed by atoms with E-state index in [2.05, 4.69) is 5.32 Å². The SMILES string of the molecule is CCC(Cc1ccc(C)c(O)c1)NC(=O)C(C)(C)c1ccc(Cl)cc1. The number of rotatable bonds is 6. The van der Waals surface area contributed by atoms with Crippen molar-refractivity contribution in [1.29, 1.82) is 0 Å². The predicted octanol–water partition coefficient (Wildman–Crippen LogP) is 4.77. The zero-order chi connectivity index (χ0) is 18.6. The van der Waals surface area contributed by atoms with Crippen LogP contribution >= 0.6 is 11.6 Å². The molecule has 0 radical (unpaired) electrons. The topological polar surface area (TPSA) is 49.3 Å². The van der Waals surface area contributed by atoms with Gasteiger partial charge in [0.2, 0.25) is 5.91 Å². The van der Waals surface area contributed by atoms with Crippen molar-refractivity contribution in [3.63, 3.8) is 0 Å². The third-order valence-electron chi connectivity index (χ3n) is 4.72. The Labute approximate surface area is 155 Å². The number of carbonyl (C=O) groups is 1. The lowest BCUT2D eigenvalue weighted by atomic mass is 9.83. The van der Waals surface area contributed by atoms with Gasteiger partial charge in [-0.3, -0.25) is 4.79 Å². The molecule has 0 aliphatic heterocycles. The first-order valence-corrected chi connectivity index (χ1v) is 8.97. The summed E-state index contributed by atoms with van der Waals surface area (Å²) < 4.78 is 0. The first-order valence-electron chi connectivity index (χ1n) is 8.59. The molecule has 0 heterocycles. The fourth-order valence-corrected chi connectivity index (χ4v) is 2.85.